The third-order valence-electron chi connectivity index (χ3n) is 5.50. The summed E-state index contributed by atoms with van der Waals surface area (Å²) in [5, 5.41) is 3.78. The monoisotopic (exact) mass is 376 g/mol. The first-order valence-electron chi connectivity index (χ1n) is 9.13. The fourth-order valence-electron chi connectivity index (χ4n) is 4.33. The van der Waals surface area contributed by atoms with Gasteiger partial charge in [0.25, 0.3) is 0 Å². The second-order valence-electron chi connectivity index (χ2n) is 7.41. The van der Waals surface area contributed by atoms with Crippen molar-refractivity contribution in [2.24, 2.45) is 0 Å². The molecule has 0 bridgehead atoms. The zero-order valence-corrected chi connectivity index (χ0v) is 15.9. The van der Waals surface area contributed by atoms with Gasteiger partial charge in [0.2, 0.25) is 10.0 Å². The molecule has 1 aromatic heterocycles. The lowest BCUT2D eigenvalue weighted by atomic mass is 9.77. The Kier molecular flexibility index (Phi) is 4.31. The van der Waals surface area contributed by atoms with Crippen LogP contribution in [0.3, 0.4) is 0 Å². The van der Waals surface area contributed by atoms with E-state index >= 15 is 0 Å². The number of rotatable bonds is 3. The summed E-state index contributed by atoms with van der Waals surface area (Å²) in [6, 6.07) is 7.39. The number of benzene rings is 1. The normalized spacial score (nSPS) is 22.0. The lowest BCUT2D eigenvalue weighted by Crippen LogP contribution is -2.46. The van der Waals surface area contributed by atoms with Gasteiger partial charge in [-0.1, -0.05) is 29.8 Å². The third-order valence-corrected chi connectivity index (χ3v) is 7.21. The van der Waals surface area contributed by atoms with Gasteiger partial charge >= 0.3 is 0 Å². The molecule has 2 aromatic rings. The molecule has 1 aromatic carbocycles. The summed E-state index contributed by atoms with van der Waals surface area (Å²) >= 11 is 0. The highest BCUT2D eigenvalue weighted by Crippen LogP contribution is 2.46. The molecular weight excluding hydrogens is 352 g/mol. The standard InChI is InChI=1S/C19H24N2O4S/c1-13-18(14(2)25-20-13)26(22,23)21-16-12-19(10-6-3-7-11-19)24-17-9-5-4-8-15(16)17/h4-5,8-9,16,21H,3,6-7,10-12H2,1-2H3. The first-order chi connectivity index (χ1) is 12.4. The van der Waals surface area contributed by atoms with Gasteiger partial charge in [-0.05, 0) is 45.6 Å². The van der Waals surface area contributed by atoms with Crippen molar-refractivity contribution in [1.29, 1.82) is 0 Å². The van der Waals surface area contributed by atoms with E-state index in [-0.39, 0.29) is 16.5 Å². The summed E-state index contributed by atoms with van der Waals surface area (Å²) in [5.41, 5.74) is 0.986. The number of ether oxygens (including phenoxy) is 1. The van der Waals surface area contributed by atoms with Crippen LogP contribution in [0, 0.1) is 13.8 Å². The number of hydrogen-bond acceptors (Lipinski definition) is 5. The van der Waals surface area contributed by atoms with Crippen molar-refractivity contribution in [3.05, 3.63) is 41.3 Å². The molecule has 26 heavy (non-hydrogen) atoms. The van der Waals surface area contributed by atoms with Gasteiger partial charge in [-0.15, -0.1) is 0 Å². The smallest absolute Gasteiger partial charge is 0.246 e. The quantitative estimate of drug-likeness (QED) is 0.881. The lowest BCUT2D eigenvalue weighted by Gasteiger charge is -2.44. The molecule has 1 fully saturated rings. The summed E-state index contributed by atoms with van der Waals surface area (Å²) in [4.78, 5) is 0.138. The van der Waals surface area contributed by atoms with Crippen LogP contribution in [0.15, 0.2) is 33.7 Å². The molecule has 6 nitrogen and oxygen atoms in total. The van der Waals surface area contributed by atoms with E-state index < -0.39 is 10.0 Å². The predicted molar refractivity (Wildman–Crippen MR) is 96.5 cm³/mol. The number of aryl methyl sites for hydroxylation is 2. The molecule has 1 saturated carbocycles. The molecule has 0 radical (unpaired) electrons. The predicted octanol–water partition coefficient (Wildman–Crippen LogP) is 3.80. The molecule has 0 amide bonds. The zero-order chi connectivity index (χ0) is 18.4. The summed E-state index contributed by atoms with van der Waals surface area (Å²) < 4.78 is 40.4. The van der Waals surface area contributed by atoms with Crippen LogP contribution in [-0.2, 0) is 10.0 Å². The fraction of sp³-hybridized carbons (Fsp3) is 0.526. The summed E-state index contributed by atoms with van der Waals surface area (Å²) in [5.74, 6) is 1.09. The van der Waals surface area contributed by atoms with Crippen LogP contribution in [-0.4, -0.2) is 19.2 Å². The van der Waals surface area contributed by atoms with Crippen LogP contribution in [0.2, 0.25) is 0 Å². The molecule has 7 heteroatoms. The van der Waals surface area contributed by atoms with E-state index in [0.717, 1.165) is 37.0 Å². The Morgan fingerprint density at radius 1 is 1.15 bits per heavy atom. The highest BCUT2D eigenvalue weighted by Gasteiger charge is 2.43. The maximum absolute atomic E-state index is 13.0. The maximum atomic E-state index is 13.0. The SMILES string of the molecule is Cc1noc(C)c1S(=O)(=O)NC1CC2(CCCCC2)Oc2ccccc21. The topological polar surface area (TPSA) is 81.4 Å². The highest BCUT2D eigenvalue weighted by atomic mass is 32.2. The molecule has 1 unspecified atom stereocenters. The van der Waals surface area contributed by atoms with E-state index in [4.69, 9.17) is 9.26 Å². The molecule has 1 N–H and O–H groups in total. The summed E-state index contributed by atoms with van der Waals surface area (Å²) in [6.45, 7) is 3.26. The first kappa shape index (κ1) is 17.5. The Balaban J connectivity index is 1.71. The van der Waals surface area contributed by atoms with E-state index in [1.807, 2.05) is 24.3 Å². The minimum atomic E-state index is -3.74. The third kappa shape index (κ3) is 3.03. The van der Waals surface area contributed by atoms with Crippen molar-refractivity contribution in [1.82, 2.24) is 9.88 Å². The second-order valence-corrected chi connectivity index (χ2v) is 9.07. The van der Waals surface area contributed by atoms with Crippen LogP contribution >= 0.6 is 0 Å². The van der Waals surface area contributed by atoms with Crippen molar-refractivity contribution in [3.63, 3.8) is 0 Å². The van der Waals surface area contributed by atoms with E-state index in [1.54, 1.807) is 13.8 Å². The molecule has 4 rings (SSSR count). The Bertz CT molecular complexity index is 894. The maximum Gasteiger partial charge on any atom is 0.246 e. The fourth-order valence-corrected chi connectivity index (χ4v) is 5.87. The molecular formula is C19H24N2O4S. The summed E-state index contributed by atoms with van der Waals surface area (Å²) in [6.07, 6.45) is 6.02. The van der Waals surface area contributed by atoms with Crippen LogP contribution in [0.1, 0.15) is 61.6 Å². The zero-order valence-electron chi connectivity index (χ0n) is 15.1. The van der Waals surface area contributed by atoms with Gasteiger partial charge < -0.3 is 9.26 Å². The van der Waals surface area contributed by atoms with Gasteiger partial charge in [0.05, 0.1) is 6.04 Å². The number of fused-ring (bicyclic) bond motifs is 1. The number of para-hydroxylation sites is 1. The number of nitrogens with zero attached hydrogens (tertiary/aromatic N) is 1. The second kappa shape index (κ2) is 6.39. The number of sulfonamides is 1. The van der Waals surface area contributed by atoms with E-state index in [1.165, 1.54) is 6.42 Å². The lowest BCUT2D eigenvalue weighted by molar-refractivity contribution is 0.0000751. The van der Waals surface area contributed by atoms with Gasteiger partial charge in [0.15, 0.2) is 5.76 Å². The van der Waals surface area contributed by atoms with Gasteiger partial charge in [0.1, 0.15) is 21.9 Å². The largest absolute Gasteiger partial charge is 0.487 e. The minimum Gasteiger partial charge on any atom is -0.487 e. The molecule has 1 spiro atoms. The molecule has 1 aliphatic carbocycles. The van der Waals surface area contributed by atoms with Crippen LogP contribution in [0.4, 0.5) is 0 Å². The summed E-state index contributed by atoms with van der Waals surface area (Å²) in [7, 11) is -3.74. The first-order valence-corrected chi connectivity index (χ1v) is 10.6. The van der Waals surface area contributed by atoms with Crippen molar-refractivity contribution < 1.29 is 17.7 Å². The average Bonchev–Trinajstić information content (AvgIpc) is 2.94. The van der Waals surface area contributed by atoms with Crippen molar-refractivity contribution in [2.75, 3.05) is 0 Å². The Morgan fingerprint density at radius 2 is 1.88 bits per heavy atom. The highest BCUT2D eigenvalue weighted by molar-refractivity contribution is 7.89. The van der Waals surface area contributed by atoms with Gasteiger partial charge in [0, 0.05) is 12.0 Å². The Morgan fingerprint density at radius 3 is 2.58 bits per heavy atom. The van der Waals surface area contributed by atoms with Crippen LogP contribution < -0.4 is 9.46 Å². The van der Waals surface area contributed by atoms with Crippen molar-refractivity contribution in [2.45, 2.75) is 68.9 Å². The molecule has 2 aliphatic rings. The number of nitrogens with one attached hydrogen (secondary N) is 1. The number of hydrogen-bond donors (Lipinski definition) is 1. The average molecular weight is 376 g/mol. The van der Waals surface area contributed by atoms with Crippen LogP contribution in [0.5, 0.6) is 5.75 Å². The van der Waals surface area contributed by atoms with E-state index in [0.29, 0.717) is 17.9 Å². The van der Waals surface area contributed by atoms with E-state index in [2.05, 4.69) is 9.88 Å². The van der Waals surface area contributed by atoms with Crippen molar-refractivity contribution >= 4 is 10.0 Å². The Hall–Kier alpha value is -1.86. The molecule has 1 aliphatic heterocycles. The van der Waals surface area contributed by atoms with Gasteiger partial charge in [-0.25, -0.2) is 13.1 Å². The number of aromatic nitrogens is 1. The molecule has 1 atom stereocenters. The van der Waals surface area contributed by atoms with Crippen molar-refractivity contribution in [3.8, 4) is 5.75 Å². The minimum absolute atomic E-state index is 0.138. The van der Waals surface area contributed by atoms with Gasteiger partial charge in [-0.2, -0.15) is 0 Å². The van der Waals surface area contributed by atoms with Gasteiger partial charge in [-0.3, -0.25) is 0 Å². The molecule has 0 saturated heterocycles. The van der Waals surface area contributed by atoms with Crippen LogP contribution in [0.25, 0.3) is 0 Å². The van der Waals surface area contributed by atoms with E-state index in [9.17, 15) is 8.42 Å². The molecule has 140 valence electrons. The molecule has 2 heterocycles. The Labute approximate surface area is 154 Å².